The van der Waals surface area contributed by atoms with E-state index in [2.05, 4.69) is 6.92 Å². The Kier molecular flexibility index (Phi) is 4.80. The van der Waals surface area contributed by atoms with Crippen molar-refractivity contribution < 1.29 is 8.42 Å². The molecule has 120 valence electrons. The zero-order valence-corrected chi connectivity index (χ0v) is 14.2. The highest BCUT2D eigenvalue weighted by Gasteiger charge is 2.39. The van der Waals surface area contributed by atoms with Gasteiger partial charge in [-0.15, -0.1) is 0 Å². The van der Waals surface area contributed by atoms with Crippen LogP contribution in [0.4, 0.5) is 0 Å². The average Bonchev–Trinajstić information content (AvgIpc) is 3.02. The van der Waals surface area contributed by atoms with E-state index in [9.17, 15) is 8.42 Å². The van der Waals surface area contributed by atoms with Crippen molar-refractivity contribution in [3.63, 3.8) is 0 Å². The molecule has 0 radical (unpaired) electrons. The van der Waals surface area contributed by atoms with Gasteiger partial charge in [-0.2, -0.15) is 4.31 Å². The fraction of sp³-hybridized carbons (Fsp3) is 0.733. The van der Waals surface area contributed by atoms with Crippen LogP contribution in [0, 0.1) is 0 Å². The first kappa shape index (κ1) is 16.5. The topological polar surface area (TPSA) is 68.3 Å². The number of hydrogen-bond donors (Lipinski definition) is 1. The minimum atomic E-state index is -3.44. The van der Waals surface area contributed by atoms with Gasteiger partial charge in [0.25, 0.3) is 0 Å². The lowest BCUT2D eigenvalue weighted by Gasteiger charge is -2.26. The van der Waals surface area contributed by atoms with E-state index in [-0.39, 0.29) is 18.1 Å². The van der Waals surface area contributed by atoms with Crippen molar-refractivity contribution in [3.8, 4) is 0 Å². The number of rotatable bonds is 5. The second-order valence-corrected chi connectivity index (χ2v) is 8.04. The van der Waals surface area contributed by atoms with E-state index in [1.54, 1.807) is 16.6 Å². The molecule has 2 rings (SSSR count). The van der Waals surface area contributed by atoms with Gasteiger partial charge < -0.3 is 10.3 Å². The normalized spacial score (nSPS) is 24.1. The first-order chi connectivity index (χ1) is 9.82. The Bertz CT molecular complexity index is 592. The molecule has 2 heterocycles. The summed E-state index contributed by atoms with van der Waals surface area (Å²) < 4.78 is 29.6. The van der Waals surface area contributed by atoms with E-state index in [0.29, 0.717) is 11.4 Å². The molecule has 0 aromatic carbocycles. The van der Waals surface area contributed by atoms with Crippen molar-refractivity contribution in [2.75, 3.05) is 0 Å². The maximum absolute atomic E-state index is 13.0. The maximum Gasteiger partial charge on any atom is 0.245 e. The van der Waals surface area contributed by atoms with E-state index in [1.807, 2.05) is 25.3 Å². The summed E-state index contributed by atoms with van der Waals surface area (Å²) in [5.74, 6) is 0. The molecular weight excluding hydrogens is 286 g/mol. The van der Waals surface area contributed by atoms with E-state index in [4.69, 9.17) is 5.73 Å². The molecule has 1 fully saturated rings. The monoisotopic (exact) mass is 313 g/mol. The molecule has 5 nitrogen and oxygen atoms in total. The standard InChI is InChI=1S/C15H27N3O2S/c1-5-13-7-6-12(4)18(13)21(19,20)15-8-14(9-16)17(10-15)11(2)3/h8,10-13H,5-7,9,16H2,1-4H3. The van der Waals surface area contributed by atoms with Gasteiger partial charge in [0, 0.05) is 36.6 Å². The molecule has 0 amide bonds. The van der Waals surface area contributed by atoms with Gasteiger partial charge in [-0.05, 0) is 46.1 Å². The molecule has 0 aliphatic carbocycles. The molecule has 2 unspecified atom stereocenters. The third-order valence-electron chi connectivity index (χ3n) is 4.43. The van der Waals surface area contributed by atoms with Crippen LogP contribution in [0.1, 0.15) is 58.7 Å². The molecular formula is C15H27N3O2S. The molecule has 2 N–H and O–H groups in total. The molecule has 0 bridgehead atoms. The van der Waals surface area contributed by atoms with Gasteiger partial charge in [-0.3, -0.25) is 0 Å². The van der Waals surface area contributed by atoms with Gasteiger partial charge in [0.1, 0.15) is 4.90 Å². The molecule has 1 saturated heterocycles. The van der Waals surface area contributed by atoms with Crippen LogP contribution in [0.25, 0.3) is 0 Å². The highest BCUT2D eigenvalue weighted by Crippen LogP contribution is 2.33. The first-order valence-corrected chi connectivity index (χ1v) is 9.21. The Balaban J connectivity index is 2.44. The molecule has 1 aliphatic heterocycles. The SMILES string of the molecule is CCC1CCC(C)N1S(=O)(=O)c1cc(CN)n(C(C)C)c1. The molecule has 0 saturated carbocycles. The fourth-order valence-electron chi connectivity index (χ4n) is 3.27. The summed E-state index contributed by atoms with van der Waals surface area (Å²) in [5.41, 5.74) is 6.61. The van der Waals surface area contributed by atoms with E-state index < -0.39 is 10.0 Å². The molecule has 21 heavy (non-hydrogen) atoms. The van der Waals surface area contributed by atoms with Crippen molar-refractivity contribution in [2.24, 2.45) is 5.73 Å². The number of hydrogen-bond acceptors (Lipinski definition) is 3. The van der Waals surface area contributed by atoms with Crippen LogP contribution in [0.3, 0.4) is 0 Å². The summed E-state index contributed by atoms with van der Waals surface area (Å²) in [4.78, 5) is 0.379. The van der Waals surface area contributed by atoms with Gasteiger partial charge >= 0.3 is 0 Å². The van der Waals surface area contributed by atoms with Crippen molar-refractivity contribution in [2.45, 2.75) is 76.5 Å². The summed E-state index contributed by atoms with van der Waals surface area (Å²) >= 11 is 0. The van der Waals surface area contributed by atoms with Crippen LogP contribution >= 0.6 is 0 Å². The summed E-state index contributed by atoms with van der Waals surface area (Å²) in [7, 11) is -3.44. The minimum absolute atomic E-state index is 0.0728. The Morgan fingerprint density at radius 2 is 2.05 bits per heavy atom. The summed E-state index contributed by atoms with van der Waals surface area (Å²) in [6, 6.07) is 2.12. The summed E-state index contributed by atoms with van der Waals surface area (Å²) in [5, 5.41) is 0. The molecule has 1 aromatic rings. The average molecular weight is 313 g/mol. The zero-order valence-electron chi connectivity index (χ0n) is 13.4. The van der Waals surface area contributed by atoms with E-state index in [1.165, 1.54) is 0 Å². The number of sulfonamides is 1. The minimum Gasteiger partial charge on any atom is -0.346 e. The molecule has 6 heteroatoms. The zero-order chi connectivity index (χ0) is 15.8. The third kappa shape index (κ3) is 2.89. The lowest BCUT2D eigenvalue weighted by atomic mass is 10.2. The quantitative estimate of drug-likeness (QED) is 0.908. The Morgan fingerprint density at radius 3 is 2.52 bits per heavy atom. The Labute approximate surface area is 128 Å². The van der Waals surface area contributed by atoms with Gasteiger partial charge in [-0.25, -0.2) is 8.42 Å². The third-order valence-corrected chi connectivity index (χ3v) is 6.46. The van der Waals surface area contributed by atoms with Crippen LogP contribution in [-0.4, -0.2) is 29.4 Å². The van der Waals surface area contributed by atoms with Crippen molar-refractivity contribution in [3.05, 3.63) is 18.0 Å². The Morgan fingerprint density at radius 1 is 1.38 bits per heavy atom. The highest BCUT2D eigenvalue weighted by atomic mass is 32.2. The van der Waals surface area contributed by atoms with E-state index in [0.717, 1.165) is 25.0 Å². The maximum atomic E-state index is 13.0. The molecule has 1 aliphatic rings. The van der Waals surface area contributed by atoms with Gasteiger partial charge in [0.15, 0.2) is 0 Å². The summed E-state index contributed by atoms with van der Waals surface area (Å²) in [6.45, 7) is 8.46. The number of nitrogens with zero attached hydrogens (tertiary/aromatic N) is 2. The molecule has 0 spiro atoms. The highest BCUT2D eigenvalue weighted by molar-refractivity contribution is 7.89. The van der Waals surface area contributed by atoms with Crippen LogP contribution in [0.2, 0.25) is 0 Å². The second-order valence-electron chi connectivity index (χ2n) is 6.20. The van der Waals surface area contributed by atoms with Crippen molar-refractivity contribution in [1.29, 1.82) is 0 Å². The van der Waals surface area contributed by atoms with Crippen molar-refractivity contribution >= 4 is 10.0 Å². The molecule has 2 atom stereocenters. The fourth-order valence-corrected chi connectivity index (χ4v) is 5.27. The lowest BCUT2D eigenvalue weighted by Crippen LogP contribution is -2.39. The number of nitrogens with two attached hydrogens (primary N) is 1. The first-order valence-electron chi connectivity index (χ1n) is 7.77. The molecule has 1 aromatic heterocycles. The smallest absolute Gasteiger partial charge is 0.245 e. The van der Waals surface area contributed by atoms with Crippen LogP contribution < -0.4 is 5.73 Å². The van der Waals surface area contributed by atoms with Crippen LogP contribution in [0.15, 0.2) is 17.2 Å². The van der Waals surface area contributed by atoms with E-state index >= 15 is 0 Å². The Hall–Kier alpha value is -0.850. The predicted molar refractivity (Wildman–Crippen MR) is 84.5 cm³/mol. The van der Waals surface area contributed by atoms with Gasteiger partial charge in [0.2, 0.25) is 10.0 Å². The largest absolute Gasteiger partial charge is 0.346 e. The van der Waals surface area contributed by atoms with Crippen LogP contribution in [0.5, 0.6) is 0 Å². The van der Waals surface area contributed by atoms with Gasteiger partial charge in [0.05, 0.1) is 0 Å². The second kappa shape index (κ2) is 6.10. The number of aromatic nitrogens is 1. The predicted octanol–water partition coefficient (Wildman–Crippen LogP) is 2.48. The summed E-state index contributed by atoms with van der Waals surface area (Å²) in [6.07, 6.45) is 4.48. The van der Waals surface area contributed by atoms with Gasteiger partial charge in [-0.1, -0.05) is 6.92 Å². The van der Waals surface area contributed by atoms with Crippen LogP contribution in [-0.2, 0) is 16.6 Å². The lowest BCUT2D eigenvalue weighted by molar-refractivity contribution is 0.328. The van der Waals surface area contributed by atoms with Crippen molar-refractivity contribution in [1.82, 2.24) is 8.87 Å².